The minimum Gasteiger partial charge on any atom is -0.496 e. The number of halogens is 1. The zero-order valence-electron chi connectivity index (χ0n) is 11.9. The predicted octanol–water partition coefficient (Wildman–Crippen LogP) is 3.45. The van der Waals surface area contributed by atoms with Crippen LogP contribution in [0.5, 0.6) is 5.75 Å². The summed E-state index contributed by atoms with van der Waals surface area (Å²) in [6.45, 7) is 4.85. The molecule has 5 heteroatoms. The summed E-state index contributed by atoms with van der Waals surface area (Å²) in [5.41, 5.74) is 2.60. The number of ether oxygens (including phenoxy) is 1. The van der Waals surface area contributed by atoms with Gasteiger partial charge in [-0.25, -0.2) is 0 Å². The topological polar surface area (TPSA) is 47.3 Å². The van der Waals surface area contributed by atoms with Gasteiger partial charge in [0.1, 0.15) is 11.9 Å². The molecule has 20 heavy (non-hydrogen) atoms. The molecule has 1 unspecified atom stereocenters. The molecule has 0 fully saturated rings. The zero-order valence-corrected chi connectivity index (χ0v) is 13.5. The van der Waals surface area contributed by atoms with Crippen LogP contribution in [-0.2, 0) is 6.54 Å². The maximum atomic E-state index is 10.7. The summed E-state index contributed by atoms with van der Waals surface area (Å²) in [4.78, 5) is 0. The molecule has 2 aromatic rings. The molecule has 1 atom stereocenters. The third-order valence-corrected chi connectivity index (χ3v) is 3.82. The normalized spacial score (nSPS) is 12.4. The third kappa shape index (κ3) is 2.88. The van der Waals surface area contributed by atoms with Crippen molar-refractivity contribution in [2.75, 3.05) is 7.11 Å². The second-order valence-electron chi connectivity index (χ2n) is 4.75. The van der Waals surface area contributed by atoms with E-state index in [9.17, 15) is 5.11 Å². The first kappa shape index (κ1) is 15.1. The van der Waals surface area contributed by atoms with E-state index in [0.29, 0.717) is 5.75 Å². The molecule has 0 aliphatic rings. The van der Waals surface area contributed by atoms with E-state index >= 15 is 0 Å². The van der Waals surface area contributed by atoms with Crippen LogP contribution < -0.4 is 4.74 Å². The summed E-state index contributed by atoms with van der Waals surface area (Å²) in [6.07, 6.45) is 1.90. The molecule has 1 heterocycles. The Kier molecular flexibility index (Phi) is 4.83. The molecule has 2 rings (SSSR count). The van der Waals surface area contributed by atoms with Crippen LogP contribution in [0.1, 0.15) is 36.3 Å². The van der Waals surface area contributed by atoms with E-state index in [-0.39, 0.29) is 0 Å². The van der Waals surface area contributed by atoms with E-state index < -0.39 is 6.10 Å². The zero-order chi connectivity index (χ0) is 14.7. The first-order valence-electron chi connectivity index (χ1n) is 6.62. The van der Waals surface area contributed by atoms with E-state index in [1.807, 2.05) is 29.8 Å². The Hall–Kier alpha value is -1.33. The van der Waals surface area contributed by atoms with Crippen molar-refractivity contribution in [2.24, 2.45) is 0 Å². The Bertz CT molecular complexity index is 596. The third-order valence-electron chi connectivity index (χ3n) is 3.21. The molecule has 108 valence electrons. The number of rotatable bonds is 5. The summed E-state index contributed by atoms with van der Waals surface area (Å²) < 4.78 is 8.01. The van der Waals surface area contributed by atoms with Gasteiger partial charge in [-0.2, -0.15) is 5.10 Å². The lowest BCUT2D eigenvalue weighted by Gasteiger charge is -2.17. The van der Waals surface area contributed by atoms with Gasteiger partial charge in [-0.15, -0.1) is 0 Å². The molecule has 0 radical (unpaired) electrons. The Morgan fingerprint density at radius 1 is 1.45 bits per heavy atom. The molecule has 0 amide bonds. The lowest BCUT2D eigenvalue weighted by atomic mass is 10.0. The molecule has 1 N–H and O–H groups in total. The van der Waals surface area contributed by atoms with Crippen molar-refractivity contribution < 1.29 is 9.84 Å². The lowest BCUT2D eigenvalue weighted by molar-refractivity contribution is 0.201. The van der Waals surface area contributed by atoms with Crippen molar-refractivity contribution >= 4 is 15.9 Å². The van der Waals surface area contributed by atoms with Gasteiger partial charge in [0, 0.05) is 12.1 Å². The Labute approximate surface area is 127 Å². The molecule has 0 bridgehead atoms. The molecule has 0 saturated carbocycles. The number of aromatic nitrogens is 2. The van der Waals surface area contributed by atoms with Crippen LogP contribution in [0.25, 0.3) is 0 Å². The highest BCUT2D eigenvalue weighted by molar-refractivity contribution is 9.10. The number of hydrogen-bond donors (Lipinski definition) is 1. The average molecular weight is 339 g/mol. The molecular weight excluding hydrogens is 320 g/mol. The molecule has 1 aromatic heterocycles. The van der Waals surface area contributed by atoms with Gasteiger partial charge >= 0.3 is 0 Å². The highest BCUT2D eigenvalue weighted by Crippen LogP contribution is 2.34. The summed E-state index contributed by atoms with van der Waals surface area (Å²) in [5.74, 6) is 0.689. The fourth-order valence-electron chi connectivity index (χ4n) is 2.23. The summed E-state index contributed by atoms with van der Waals surface area (Å²) in [7, 11) is 1.61. The molecule has 0 aliphatic carbocycles. The van der Waals surface area contributed by atoms with Crippen molar-refractivity contribution in [1.29, 1.82) is 0 Å². The number of aliphatic hydroxyl groups is 1. The standard InChI is InChI=1S/C15H19BrN2O2/c1-4-7-18-14(12(16)9-17-18)15(19)11-6-5-10(2)8-13(11)20-3/h5-6,8-9,15,19H,4,7H2,1-3H3. The van der Waals surface area contributed by atoms with Gasteiger partial charge in [-0.3, -0.25) is 4.68 Å². The molecule has 4 nitrogen and oxygen atoms in total. The number of benzene rings is 1. The maximum absolute atomic E-state index is 10.7. The summed E-state index contributed by atoms with van der Waals surface area (Å²) >= 11 is 3.46. The van der Waals surface area contributed by atoms with Gasteiger partial charge in [0.2, 0.25) is 0 Å². The number of nitrogens with zero attached hydrogens (tertiary/aromatic N) is 2. The smallest absolute Gasteiger partial charge is 0.125 e. The van der Waals surface area contributed by atoms with Crippen LogP contribution in [0.3, 0.4) is 0 Å². The largest absolute Gasteiger partial charge is 0.496 e. The SMILES string of the molecule is CCCn1ncc(Br)c1C(O)c1ccc(C)cc1OC. The second-order valence-corrected chi connectivity index (χ2v) is 5.60. The van der Waals surface area contributed by atoms with E-state index in [2.05, 4.69) is 28.0 Å². The van der Waals surface area contributed by atoms with Gasteiger partial charge in [0.15, 0.2) is 0 Å². The first-order chi connectivity index (χ1) is 9.58. The van der Waals surface area contributed by atoms with Gasteiger partial charge in [0.25, 0.3) is 0 Å². The summed E-state index contributed by atoms with van der Waals surface area (Å²) in [6, 6.07) is 5.79. The molecule has 0 spiro atoms. The van der Waals surface area contributed by atoms with Crippen molar-refractivity contribution in [3.63, 3.8) is 0 Å². The molecule has 0 saturated heterocycles. The minimum atomic E-state index is -0.769. The van der Waals surface area contributed by atoms with Crippen LogP contribution in [0.15, 0.2) is 28.9 Å². The fraction of sp³-hybridized carbons (Fsp3) is 0.400. The van der Waals surface area contributed by atoms with Crippen LogP contribution in [0.4, 0.5) is 0 Å². The van der Waals surface area contributed by atoms with Crippen molar-refractivity contribution in [2.45, 2.75) is 32.9 Å². The van der Waals surface area contributed by atoms with E-state index in [1.165, 1.54) is 0 Å². The predicted molar refractivity (Wildman–Crippen MR) is 82.0 cm³/mol. The Balaban J connectivity index is 2.45. The highest BCUT2D eigenvalue weighted by Gasteiger charge is 2.22. The molecular formula is C15H19BrN2O2. The van der Waals surface area contributed by atoms with Crippen LogP contribution in [-0.4, -0.2) is 22.0 Å². The number of hydrogen-bond acceptors (Lipinski definition) is 3. The highest BCUT2D eigenvalue weighted by atomic mass is 79.9. The first-order valence-corrected chi connectivity index (χ1v) is 7.41. The van der Waals surface area contributed by atoms with Crippen LogP contribution in [0.2, 0.25) is 0 Å². The number of aliphatic hydroxyl groups excluding tert-OH is 1. The van der Waals surface area contributed by atoms with E-state index in [4.69, 9.17) is 4.74 Å². The Morgan fingerprint density at radius 3 is 2.85 bits per heavy atom. The second kappa shape index (κ2) is 6.41. The van der Waals surface area contributed by atoms with Crippen molar-refractivity contribution in [3.8, 4) is 5.75 Å². The molecule has 0 aliphatic heterocycles. The van der Waals surface area contributed by atoms with Gasteiger partial charge in [-0.05, 0) is 40.9 Å². The minimum absolute atomic E-state index is 0.689. The maximum Gasteiger partial charge on any atom is 0.125 e. The lowest BCUT2D eigenvalue weighted by Crippen LogP contribution is -2.11. The van der Waals surface area contributed by atoms with Gasteiger partial charge in [0.05, 0.1) is 23.5 Å². The number of methoxy groups -OCH3 is 1. The molecule has 1 aromatic carbocycles. The summed E-state index contributed by atoms with van der Waals surface area (Å²) in [5, 5.41) is 15.0. The van der Waals surface area contributed by atoms with Gasteiger partial charge < -0.3 is 9.84 Å². The average Bonchev–Trinajstić information content (AvgIpc) is 2.79. The van der Waals surface area contributed by atoms with Crippen molar-refractivity contribution in [1.82, 2.24) is 9.78 Å². The Morgan fingerprint density at radius 2 is 2.20 bits per heavy atom. The fourth-order valence-corrected chi connectivity index (χ4v) is 2.74. The van der Waals surface area contributed by atoms with Crippen molar-refractivity contribution in [3.05, 3.63) is 45.7 Å². The van der Waals surface area contributed by atoms with E-state index in [1.54, 1.807) is 13.3 Å². The van der Waals surface area contributed by atoms with Gasteiger partial charge in [-0.1, -0.05) is 19.1 Å². The monoisotopic (exact) mass is 338 g/mol. The van der Waals surface area contributed by atoms with E-state index in [0.717, 1.165) is 34.3 Å². The van der Waals surface area contributed by atoms with Crippen LogP contribution >= 0.6 is 15.9 Å². The number of aryl methyl sites for hydroxylation is 2. The quantitative estimate of drug-likeness (QED) is 0.908. The van der Waals surface area contributed by atoms with Crippen LogP contribution in [0, 0.1) is 6.92 Å².